The maximum atomic E-state index is 12.2. The number of nitrogens with zero attached hydrogens (tertiary/aromatic N) is 2. The van der Waals surface area contributed by atoms with E-state index >= 15 is 0 Å². The second-order valence-electron chi connectivity index (χ2n) is 7.11. The lowest BCUT2D eigenvalue weighted by Crippen LogP contribution is -2.38. The molecule has 128 valence electrons. The second-order valence-corrected chi connectivity index (χ2v) is 7.11. The van der Waals surface area contributed by atoms with Crippen molar-refractivity contribution in [2.24, 2.45) is 0 Å². The molecule has 2 heterocycles. The van der Waals surface area contributed by atoms with E-state index in [9.17, 15) is 4.79 Å². The molecule has 1 N–H and O–H groups in total. The van der Waals surface area contributed by atoms with Gasteiger partial charge in [0, 0.05) is 0 Å². The topological polar surface area (TPSA) is 56.1 Å². The Labute approximate surface area is 143 Å². The van der Waals surface area contributed by atoms with E-state index in [1.807, 2.05) is 11.6 Å². The maximum Gasteiger partial charge on any atom is 0.343 e. The molecule has 1 aliphatic rings. The Morgan fingerprint density at radius 3 is 2.83 bits per heavy atom. The van der Waals surface area contributed by atoms with Crippen LogP contribution in [0.15, 0.2) is 24.4 Å². The molecule has 0 spiro atoms. The molecule has 5 nitrogen and oxygen atoms in total. The molecular formula is C19H25N3O2. The Morgan fingerprint density at radius 1 is 1.42 bits per heavy atom. The Bertz CT molecular complexity index is 777. The van der Waals surface area contributed by atoms with Crippen molar-refractivity contribution in [3.8, 4) is 0 Å². The summed E-state index contributed by atoms with van der Waals surface area (Å²) in [5.74, 6) is 0.415. The number of carbonyl (C=O) groups excluding carboxylic acids is 1. The normalized spacial score (nSPS) is 18.6. The molecule has 0 fully saturated rings. The van der Waals surface area contributed by atoms with E-state index in [1.54, 1.807) is 6.20 Å². The number of fused-ring (bicyclic) bond motifs is 1. The number of nitrogens with one attached hydrogen (secondary N) is 1. The fourth-order valence-electron chi connectivity index (χ4n) is 3.51. The number of anilines is 1. The zero-order valence-corrected chi connectivity index (χ0v) is 15.0. The number of aryl methyl sites for hydroxylation is 2. The molecule has 2 aromatic rings. The summed E-state index contributed by atoms with van der Waals surface area (Å²) in [7, 11) is 0. The van der Waals surface area contributed by atoms with Gasteiger partial charge in [-0.15, -0.1) is 0 Å². The quantitative estimate of drug-likeness (QED) is 0.867. The summed E-state index contributed by atoms with van der Waals surface area (Å²) >= 11 is 0. The third-order valence-electron chi connectivity index (χ3n) is 4.65. The SMILES string of the molecule is CCOC(=O)c1cnn2c1NC(c1ccc(C)cc1C)CC2(C)C. The van der Waals surface area contributed by atoms with Crippen molar-refractivity contribution in [1.82, 2.24) is 9.78 Å². The van der Waals surface area contributed by atoms with Crippen molar-refractivity contribution in [3.05, 3.63) is 46.6 Å². The third-order valence-corrected chi connectivity index (χ3v) is 4.65. The van der Waals surface area contributed by atoms with Crippen LogP contribution < -0.4 is 5.32 Å². The Kier molecular flexibility index (Phi) is 4.11. The first-order valence-corrected chi connectivity index (χ1v) is 8.43. The number of esters is 1. The van der Waals surface area contributed by atoms with Crippen molar-refractivity contribution in [2.45, 2.75) is 52.6 Å². The van der Waals surface area contributed by atoms with Gasteiger partial charge in [-0.1, -0.05) is 23.8 Å². The van der Waals surface area contributed by atoms with Crippen molar-refractivity contribution < 1.29 is 9.53 Å². The molecule has 1 atom stereocenters. The molecule has 0 aliphatic carbocycles. The van der Waals surface area contributed by atoms with Gasteiger partial charge in [0.15, 0.2) is 0 Å². The lowest BCUT2D eigenvalue weighted by molar-refractivity contribution is 0.0527. The van der Waals surface area contributed by atoms with Crippen molar-refractivity contribution >= 4 is 11.8 Å². The van der Waals surface area contributed by atoms with Crippen LogP contribution in [0.5, 0.6) is 0 Å². The molecule has 1 aromatic heterocycles. The Hall–Kier alpha value is -2.30. The zero-order chi connectivity index (χ0) is 17.5. The van der Waals surface area contributed by atoms with Crippen LogP contribution in [0.1, 0.15) is 60.3 Å². The average molecular weight is 327 g/mol. The Morgan fingerprint density at radius 2 is 2.17 bits per heavy atom. The first kappa shape index (κ1) is 16.6. The van der Waals surface area contributed by atoms with E-state index in [4.69, 9.17) is 4.74 Å². The lowest BCUT2D eigenvalue weighted by Gasteiger charge is -2.38. The van der Waals surface area contributed by atoms with E-state index < -0.39 is 0 Å². The molecule has 1 aliphatic heterocycles. The highest BCUT2D eigenvalue weighted by molar-refractivity contribution is 5.94. The number of aromatic nitrogens is 2. The number of rotatable bonds is 3. The predicted octanol–water partition coefficient (Wildman–Crippen LogP) is 3.97. The number of ether oxygens (including phenoxy) is 1. The largest absolute Gasteiger partial charge is 0.462 e. The van der Waals surface area contributed by atoms with Gasteiger partial charge in [0.2, 0.25) is 0 Å². The monoisotopic (exact) mass is 327 g/mol. The zero-order valence-electron chi connectivity index (χ0n) is 15.0. The number of benzene rings is 1. The molecular weight excluding hydrogens is 302 g/mol. The van der Waals surface area contributed by atoms with Crippen LogP contribution in [0.3, 0.4) is 0 Å². The first-order chi connectivity index (χ1) is 11.3. The highest BCUT2D eigenvalue weighted by atomic mass is 16.5. The molecule has 0 saturated heterocycles. The first-order valence-electron chi connectivity index (χ1n) is 8.43. The van der Waals surface area contributed by atoms with Crippen LogP contribution >= 0.6 is 0 Å². The molecule has 3 rings (SSSR count). The summed E-state index contributed by atoms with van der Waals surface area (Å²) in [6, 6.07) is 6.64. The van der Waals surface area contributed by atoms with Gasteiger partial charge >= 0.3 is 5.97 Å². The summed E-state index contributed by atoms with van der Waals surface area (Å²) in [6.45, 7) is 10.7. The molecule has 0 amide bonds. The van der Waals surface area contributed by atoms with Crippen LogP contribution in [0.4, 0.5) is 5.82 Å². The number of carbonyl (C=O) groups is 1. The summed E-state index contributed by atoms with van der Waals surface area (Å²) in [5, 5.41) is 7.95. The molecule has 1 aromatic carbocycles. The minimum Gasteiger partial charge on any atom is -0.462 e. The van der Waals surface area contributed by atoms with E-state index in [1.165, 1.54) is 16.7 Å². The summed E-state index contributed by atoms with van der Waals surface area (Å²) in [4.78, 5) is 12.2. The van der Waals surface area contributed by atoms with Gasteiger partial charge in [-0.05, 0) is 52.2 Å². The number of hydrogen-bond acceptors (Lipinski definition) is 4. The predicted molar refractivity (Wildman–Crippen MR) is 94.4 cm³/mol. The van der Waals surface area contributed by atoms with Crippen LogP contribution in [0.25, 0.3) is 0 Å². The molecule has 0 radical (unpaired) electrons. The van der Waals surface area contributed by atoms with Crippen molar-refractivity contribution in [3.63, 3.8) is 0 Å². The van der Waals surface area contributed by atoms with Gasteiger partial charge < -0.3 is 10.1 Å². The lowest BCUT2D eigenvalue weighted by atomic mass is 9.87. The standard InChI is InChI=1S/C19H25N3O2/c1-6-24-18(23)15-11-20-22-17(15)21-16(10-19(22,4)5)14-8-7-12(2)9-13(14)3/h7-9,11,16,21H,6,10H2,1-5H3. The summed E-state index contributed by atoms with van der Waals surface area (Å²) in [6.07, 6.45) is 2.50. The Balaban J connectivity index is 2.02. The van der Waals surface area contributed by atoms with Gasteiger partial charge in [0.05, 0.1) is 24.4 Å². The minimum absolute atomic E-state index is 0.137. The van der Waals surface area contributed by atoms with Crippen LogP contribution in [-0.2, 0) is 10.3 Å². The van der Waals surface area contributed by atoms with Crippen LogP contribution in [0.2, 0.25) is 0 Å². The fourth-order valence-corrected chi connectivity index (χ4v) is 3.51. The smallest absolute Gasteiger partial charge is 0.343 e. The number of hydrogen-bond donors (Lipinski definition) is 1. The second kappa shape index (κ2) is 5.96. The van der Waals surface area contributed by atoms with Gasteiger partial charge in [0.25, 0.3) is 0 Å². The minimum atomic E-state index is -0.330. The molecule has 1 unspecified atom stereocenters. The molecule has 0 bridgehead atoms. The maximum absolute atomic E-state index is 12.2. The van der Waals surface area contributed by atoms with Gasteiger partial charge in [-0.3, -0.25) is 0 Å². The highest BCUT2D eigenvalue weighted by Crippen LogP contribution is 2.40. The third kappa shape index (κ3) is 2.79. The van der Waals surface area contributed by atoms with E-state index in [0.717, 1.165) is 12.2 Å². The van der Waals surface area contributed by atoms with Gasteiger partial charge in [-0.2, -0.15) is 5.10 Å². The van der Waals surface area contributed by atoms with E-state index in [0.29, 0.717) is 12.2 Å². The van der Waals surface area contributed by atoms with Gasteiger partial charge in [0.1, 0.15) is 11.4 Å². The molecule has 24 heavy (non-hydrogen) atoms. The van der Waals surface area contributed by atoms with Crippen LogP contribution in [0, 0.1) is 13.8 Å². The molecule has 0 saturated carbocycles. The summed E-state index contributed by atoms with van der Waals surface area (Å²) < 4.78 is 7.07. The van der Waals surface area contributed by atoms with E-state index in [2.05, 4.69) is 56.3 Å². The average Bonchev–Trinajstić information content (AvgIpc) is 2.91. The van der Waals surface area contributed by atoms with Gasteiger partial charge in [-0.25, -0.2) is 9.48 Å². The van der Waals surface area contributed by atoms with Crippen molar-refractivity contribution in [2.75, 3.05) is 11.9 Å². The van der Waals surface area contributed by atoms with Crippen molar-refractivity contribution in [1.29, 1.82) is 0 Å². The fraction of sp³-hybridized carbons (Fsp3) is 0.474. The molecule has 5 heteroatoms. The van der Waals surface area contributed by atoms with E-state index in [-0.39, 0.29) is 17.6 Å². The van der Waals surface area contributed by atoms with Crippen LogP contribution in [-0.4, -0.2) is 22.4 Å². The highest BCUT2D eigenvalue weighted by Gasteiger charge is 2.37. The summed E-state index contributed by atoms with van der Waals surface area (Å²) in [5.41, 5.74) is 4.08.